The summed E-state index contributed by atoms with van der Waals surface area (Å²) in [6.45, 7) is 0. The molecule has 0 aliphatic carbocycles. The first-order valence-electron chi connectivity index (χ1n) is 4.79. The molecule has 0 saturated heterocycles. The summed E-state index contributed by atoms with van der Waals surface area (Å²) in [5.74, 6) is 0. The Morgan fingerprint density at radius 3 is 2.42 bits per heavy atom. The number of nitro groups is 1. The second kappa shape index (κ2) is 5.24. The normalized spacial score (nSPS) is 12.4. The van der Waals surface area contributed by atoms with Crippen molar-refractivity contribution in [1.82, 2.24) is 14.8 Å². The van der Waals surface area contributed by atoms with E-state index < -0.39 is 15.7 Å². The Morgan fingerprint density at radius 2 is 1.95 bits per heavy atom. The molecule has 0 spiro atoms. The third-order valence-corrected chi connectivity index (χ3v) is 3.60. The second-order valence-electron chi connectivity index (χ2n) is 3.45. The lowest BCUT2D eigenvalue weighted by molar-refractivity contribution is -0.384. The van der Waals surface area contributed by atoms with Gasteiger partial charge < -0.3 is 0 Å². The van der Waals surface area contributed by atoms with Crippen LogP contribution in [0.2, 0.25) is 10.0 Å². The molecule has 10 heteroatoms. The molecule has 0 bridgehead atoms. The Morgan fingerprint density at radius 1 is 1.37 bits per heavy atom. The van der Waals surface area contributed by atoms with Gasteiger partial charge in [0.05, 0.1) is 31.5 Å². The van der Waals surface area contributed by atoms with E-state index in [0.717, 1.165) is 12.1 Å². The number of hydrogen-bond donors (Lipinski definition) is 0. The number of rotatable bonds is 3. The molecule has 1 aromatic heterocycles. The van der Waals surface area contributed by atoms with Gasteiger partial charge in [0.25, 0.3) is 5.69 Å². The van der Waals surface area contributed by atoms with Crippen molar-refractivity contribution in [3.05, 3.63) is 38.6 Å². The van der Waals surface area contributed by atoms with Crippen molar-refractivity contribution < 1.29 is 9.13 Å². The maximum atomic E-state index is 11.5. The summed E-state index contributed by atoms with van der Waals surface area (Å²) < 4.78 is 12.8. The van der Waals surface area contributed by atoms with E-state index in [2.05, 4.69) is 10.2 Å². The Labute approximate surface area is 119 Å². The molecule has 0 saturated carbocycles. The molecule has 2 aromatic rings. The van der Waals surface area contributed by atoms with E-state index >= 15 is 0 Å². The first kappa shape index (κ1) is 13.9. The van der Waals surface area contributed by atoms with E-state index in [1.54, 1.807) is 0 Å². The molecule has 0 radical (unpaired) electrons. The smallest absolute Gasteiger partial charge is 0.272 e. The fraction of sp³-hybridized carbons (Fsp3) is 0.111. The summed E-state index contributed by atoms with van der Waals surface area (Å²) >= 11 is 12.0. The van der Waals surface area contributed by atoms with E-state index in [0.29, 0.717) is 0 Å². The monoisotopic (exact) mass is 320 g/mol. The number of aromatic nitrogens is 3. The van der Waals surface area contributed by atoms with Gasteiger partial charge in [0.15, 0.2) is 0 Å². The SMILES string of the molecule is CS(=O)c1nncn1-c1c(Cl)cc([N+](=O)[O-])cc1Cl. The number of benzene rings is 1. The molecule has 2 rings (SSSR count). The summed E-state index contributed by atoms with van der Waals surface area (Å²) in [5.41, 5.74) is 0.0233. The zero-order valence-corrected chi connectivity index (χ0v) is 11.7. The Bertz CT molecular complexity index is 665. The lowest BCUT2D eigenvalue weighted by Crippen LogP contribution is -2.03. The lowest BCUT2D eigenvalue weighted by atomic mass is 10.3. The Kier molecular flexibility index (Phi) is 3.83. The van der Waals surface area contributed by atoms with E-state index in [9.17, 15) is 14.3 Å². The molecule has 1 atom stereocenters. The van der Waals surface area contributed by atoms with Gasteiger partial charge in [-0.25, -0.2) is 0 Å². The zero-order valence-electron chi connectivity index (χ0n) is 9.41. The van der Waals surface area contributed by atoms with Crippen LogP contribution in [0.15, 0.2) is 23.6 Å². The van der Waals surface area contributed by atoms with Crippen LogP contribution < -0.4 is 0 Å². The van der Waals surface area contributed by atoms with Gasteiger partial charge in [0, 0.05) is 18.4 Å². The van der Waals surface area contributed by atoms with Crippen LogP contribution in [0.5, 0.6) is 0 Å². The van der Waals surface area contributed by atoms with Crippen LogP contribution in [0.3, 0.4) is 0 Å². The fourth-order valence-corrected chi connectivity index (χ4v) is 2.70. The number of hydrogen-bond acceptors (Lipinski definition) is 5. The molecule has 1 heterocycles. The van der Waals surface area contributed by atoms with Crippen molar-refractivity contribution in [3.8, 4) is 5.69 Å². The number of non-ortho nitro benzene ring substituents is 1. The average Bonchev–Trinajstić information content (AvgIpc) is 2.76. The molecule has 1 unspecified atom stereocenters. The van der Waals surface area contributed by atoms with Gasteiger partial charge in [-0.2, -0.15) is 0 Å². The Hall–Kier alpha value is -1.51. The van der Waals surface area contributed by atoms with Gasteiger partial charge in [0.2, 0.25) is 5.16 Å². The van der Waals surface area contributed by atoms with E-state index in [-0.39, 0.29) is 26.6 Å². The highest BCUT2D eigenvalue weighted by molar-refractivity contribution is 7.84. The molecule has 0 aliphatic heterocycles. The van der Waals surface area contributed by atoms with Crippen LogP contribution >= 0.6 is 23.2 Å². The molecule has 19 heavy (non-hydrogen) atoms. The molecule has 1 aromatic carbocycles. The molecule has 0 N–H and O–H groups in total. The van der Waals surface area contributed by atoms with Crippen molar-refractivity contribution in [1.29, 1.82) is 0 Å². The van der Waals surface area contributed by atoms with Gasteiger partial charge >= 0.3 is 0 Å². The predicted octanol–water partition coefficient (Wildman–Crippen LogP) is 2.22. The summed E-state index contributed by atoms with van der Waals surface area (Å²) in [7, 11) is -1.40. The lowest BCUT2D eigenvalue weighted by Gasteiger charge is -2.09. The van der Waals surface area contributed by atoms with Crippen molar-refractivity contribution in [2.75, 3.05) is 6.26 Å². The molecular weight excluding hydrogens is 315 g/mol. The third kappa shape index (κ3) is 2.60. The van der Waals surface area contributed by atoms with Crippen LogP contribution in [0, 0.1) is 10.1 Å². The standard InChI is InChI=1S/C9H6Cl2N4O3S/c1-19(18)9-13-12-4-14(9)8-6(10)2-5(15(16)17)3-7(8)11/h2-4H,1H3. The maximum absolute atomic E-state index is 11.5. The first-order chi connectivity index (χ1) is 8.91. The van der Waals surface area contributed by atoms with Crippen molar-refractivity contribution in [2.24, 2.45) is 0 Å². The van der Waals surface area contributed by atoms with Gasteiger partial charge in [-0.05, 0) is 0 Å². The van der Waals surface area contributed by atoms with Crippen LogP contribution in [-0.4, -0.2) is 30.2 Å². The number of nitro benzene ring substituents is 1. The maximum Gasteiger partial charge on any atom is 0.272 e. The van der Waals surface area contributed by atoms with Crippen molar-refractivity contribution in [3.63, 3.8) is 0 Å². The van der Waals surface area contributed by atoms with Crippen LogP contribution in [0.25, 0.3) is 5.69 Å². The topological polar surface area (TPSA) is 90.9 Å². The zero-order chi connectivity index (χ0) is 14.2. The van der Waals surface area contributed by atoms with Crippen LogP contribution in [0.1, 0.15) is 0 Å². The molecular formula is C9H6Cl2N4O3S. The molecule has 7 nitrogen and oxygen atoms in total. The quantitative estimate of drug-likeness (QED) is 0.638. The molecule has 0 amide bonds. The second-order valence-corrected chi connectivity index (χ2v) is 5.54. The molecule has 0 fully saturated rings. The largest absolute Gasteiger partial charge is 0.272 e. The third-order valence-electron chi connectivity index (χ3n) is 2.23. The highest BCUT2D eigenvalue weighted by Gasteiger charge is 2.19. The Balaban J connectivity index is 2.66. The highest BCUT2D eigenvalue weighted by Crippen LogP contribution is 2.33. The van der Waals surface area contributed by atoms with Crippen LogP contribution in [-0.2, 0) is 10.8 Å². The van der Waals surface area contributed by atoms with E-state index in [4.69, 9.17) is 23.2 Å². The van der Waals surface area contributed by atoms with Crippen molar-refractivity contribution in [2.45, 2.75) is 5.16 Å². The van der Waals surface area contributed by atoms with Gasteiger partial charge in [-0.15, -0.1) is 10.2 Å². The van der Waals surface area contributed by atoms with Gasteiger partial charge in [0.1, 0.15) is 6.33 Å². The molecule has 0 aliphatic rings. The summed E-state index contributed by atoms with van der Waals surface area (Å²) in [5, 5.41) is 18.3. The van der Waals surface area contributed by atoms with Gasteiger partial charge in [-0.1, -0.05) is 23.2 Å². The predicted molar refractivity (Wildman–Crippen MR) is 70.4 cm³/mol. The van der Waals surface area contributed by atoms with Crippen molar-refractivity contribution >= 4 is 39.7 Å². The number of nitrogens with zero attached hydrogens (tertiary/aromatic N) is 4. The fourth-order valence-electron chi connectivity index (χ4n) is 1.46. The van der Waals surface area contributed by atoms with E-state index in [1.807, 2.05) is 0 Å². The minimum atomic E-state index is -1.40. The summed E-state index contributed by atoms with van der Waals surface area (Å²) in [4.78, 5) is 10.1. The average molecular weight is 321 g/mol. The van der Waals surface area contributed by atoms with Gasteiger partial charge in [-0.3, -0.25) is 18.9 Å². The van der Waals surface area contributed by atoms with Crippen LogP contribution in [0.4, 0.5) is 5.69 Å². The summed E-state index contributed by atoms with van der Waals surface area (Å²) in [6, 6.07) is 2.32. The highest BCUT2D eigenvalue weighted by atomic mass is 35.5. The molecule has 100 valence electrons. The first-order valence-corrected chi connectivity index (χ1v) is 7.10. The minimum absolute atomic E-state index is 0.0469. The van der Waals surface area contributed by atoms with E-state index in [1.165, 1.54) is 17.2 Å². The summed E-state index contributed by atoms with van der Waals surface area (Å²) in [6.07, 6.45) is 2.71. The number of halogens is 2. The minimum Gasteiger partial charge on any atom is -0.272 e.